The molecule has 148 valence electrons. The Labute approximate surface area is 165 Å². The van der Waals surface area contributed by atoms with E-state index in [2.05, 4.69) is 10.6 Å². The number of hydrogen-bond donors (Lipinski definition) is 2. The van der Waals surface area contributed by atoms with Crippen molar-refractivity contribution >= 4 is 21.7 Å². The van der Waals surface area contributed by atoms with Gasteiger partial charge in [-0.3, -0.25) is 9.59 Å². The highest BCUT2D eigenvalue weighted by atomic mass is 32.2. The van der Waals surface area contributed by atoms with E-state index in [-0.39, 0.29) is 48.7 Å². The molecule has 2 amide bonds. The number of sulfone groups is 1. The van der Waals surface area contributed by atoms with E-state index < -0.39 is 9.84 Å². The molecule has 1 atom stereocenters. The Balaban J connectivity index is 1.39. The minimum absolute atomic E-state index is 0.00404. The summed E-state index contributed by atoms with van der Waals surface area (Å²) >= 11 is 0. The number of nitrogens with one attached hydrogen (secondary N) is 2. The summed E-state index contributed by atoms with van der Waals surface area (Å²) in [6.45, 7) is 0.228. The Bertz CT molecular complexity index is 925. The SMILES string of the molecule is O=C(Cc1ccc(-c2ccccc2)cc1)NCCC(=O)N[C@@H]1CCS(=O)(=O)C1. The molecule has 1 saturated heterocycles. The van der Waals surface area contributed by atoms with Crippen molar-refractivity contribution in [2.45, 2.75) is 25.3 Å². The third-order valence-corrected chi connectivity index (χ3v) is 6.47. The molecule has 1 aliphatic heterocycles. The van der Waals surface area contributed by atoms with Gasteiger partial charge in [-0.05, 0) is 23.1 Å². The zero-order chi connectivity index (χ0) is 20.0. The summed E-state index contributed by atoms with van der Waals surface area (Å²) in [4.78, 5) is 23.9. The molecule has 0 radical (unpaired) electrons. The largest absolute Gasteiger partial charge is 0.355 e. The van der Waals surface area contributed by atoms with Gasteiger partial charge in [0.2, 0.25) is 11.8 Å². The quantitative estimate of drug-likeness (QED) is 0.740. The maximum Gasteiger partial charge on any atom is 0.224 e. The summed E-state index contributed by atoms with van der Waals surface area (Å²) < 4.78 is 22.8. The van der Waals surface area contributed by atoms with E-state index in [0.29, 0.717) is 6.42 Å². The third kappa shape index (κ3) is 5.92. The van der Waals surface area contributed by atoms with Crippen LogP contribution in [-0.2, 0) is 25.8 Å². The molecular formula is C21H24N2O4S. The van der Waals surface area contributed by atoms with E-state index in [4.69, 9.17) is 0 Å². The molecule has 0 saturated carbocycles. The first-order valence-electron chi connectivity index (χ1n) is 9.32. The Kier molecular flexibility index (Phi) is 6.46. The van der Waals surface area contributed by atoms with Crippen molar-refractivity contribution in [3.05, 3.63) is 60.2 Å². The fourth-order valence-electron chi connectivity index (χ4n) is 3.22. The van der Waals surface area contributed by atoms with Gasteiger partial charge in [0.05, 0.1) is 17.9 Å². The molecule has 1 aliphatic rings. The van der Waals surface area contributed by atoms with Gasteiger partial charge in [-0.25, -0.2) is 8.42 Å². The predicted molar refractivity (Wildman–Crippen MR) is 108 cm³/mol. The highest BCUT2D eigenvalue weighted by molar-refractivity contribution is 7.91. The first kappa shape index (κ1) is 20.1. The van der Waals surface area contributed by atoms with Crippen LogP contribution >= 0.6 is 0 Å². The zero-order valence-corrected chi connectivity index (χ0v) is 16.4. The van der Waals surface area contributed by atoms with Crippen LogP contribution in [-0.4, -0.2) is 44.3 Å². The molecule has 0 unspecified atom stereocenters. The second-order valence-corrected chi connectivity index (χ2v) is 9.24. The van der Waals surface area contributed by atoms with Gasteiger partial charge in [0.15, 0.2) is 9.84 Å². The van der Waals surface area contributed by atoms with Gasteiger partial charge in [0, 0.05) is 19.0 Å². The average Bonchev–Trinajstić information content (AvgIpc) is 3.01. The van der Waals surface area contributed by atoms with Crippen molar-refractivity contribution in [2.24, 2.45) is 0 Å². The van der Waals surface area contributed by atoms with E-state index in [1.165, 1.54) is 0 Å². The van der Waals surface area contributed by atoms with Gasteiger partial charge in [-0.2, -0.15) is 0 Å². The summed E-state index contributed by atoms with van der Waals surface area (Å²) in [7, 11) is -3.02. The van der Waals surface area contributed by atoms with E-state index >= 15 is 0 Å². The second kappa shape index (κ2) is 9.01. The minimum Gasteiger partial charge on any atom is -0.355 e. The van der Waals surface area contributed by atoms with Crippen molar-refractivity contribution in [3.63, 3.8) is 0 Å². The molecule has 3 rings (SSSR count). The molecular weight excluding hydrogens is 376 g/mol. The van der Waals surface area contributed by atoms with Crippen LogP contribution < -0.4 is 10.6 Å². The monoisotopic (exact) mass is 400 g/mol. The fourth-order valence-corrected chi connectivity index (χ4v) is 4.89. The number of hydrogen-bond acceptors (Lipinski definition) is 4. The predicted octanol–water partition coefficient (Wildman–Crippen LogP) is 1.71. The van der Waals surface area contributed by atoms with Gasteiger partial charge in [-0.1, -0.05) is 54.6 Å². The molecule has 0 spiro atoms. The van der Waals surface area contributed by atoms with Gasteiger partial charge < -0.3 is 10.6 Å². The lowest BCUT2D eigenvalue weighted by atomic mass is 10.0. The summed E-state index contributed by atoms with van der Waals surface area (Å²) in [5.74, 6) is -0.264. The van der Waals surface area contributed by atoms with Crippen molar-refractivity contribution < 1.29 is 18.0 Å². The Morgan fingerprint density at radius 2 is 1.61 bits per heavy atom. The molecule has 0 aliphatic carbocycles. The lowest BCUT2D eigenvalue weighted by molar-refractivity contribution is -0.122. The Morgan fingerprint density at radius 1 is 0.929 bits per heavy atom. The van der Waals surface area contributed by atoms with Crippen LogP contribution in [0.1, 0.15) is 18.4 Å². The molecule has 28 heavy (non-hydrogen) atoms. The van der Waals surface area contributed by atoms with Gasteiger partial charge in [0.25, 0.3) is 0 Å². The Hall–Kier alpha value is -2.67. The maximum absolute atomic E-state index is 12.1. The van der Waals surface area contributed by atoms with Crippen LogP contribution in [0, 0.1) is 0 Å². The minimum atomic E-state index is -3.02. The highest BCUT2D eigenvalue weighted by Crippen LogP contribution is 2.19. The second-order valence-electron chi connectivity index (χ2n) is 7.01. The summed E-state index contributed by atoms with van der Waals surface area (Å²) in [6.07, 6.45) is 0.839. The number of carbonyl (C=O) groups is 2. The van der Waals surface area contributed by atoms with Crippen molar-refractivity contribution in [3.8, 4) is 11.1 Å². The van der Waals surface area contributed by atoms with Crippen LogP contribution in [0.5, 0.6) is 0 Å². The molecule has 2 aromatic rings. The number of benzene rings is 2. The van der Waals surface area contributed by atoms with Gasteiger partial charge in [0.1, 0.15) is 0 Å². The topological polar surface area (TPSA) is 92.3 Å². The van der Waals surface area contributed by atoms with Crippen LogP contribution in [0.4, 0.5) is 0 Å². The van der Waals surface area contributed by atoms with E-state index in [1.807, 2.05) is 54.6 Å². The Morgan fingerprint density at radius 3 is 2.25 bits per heavy atom. The fraction of sp³-hybridized carbons (Fsp3) is 0.333. The number of amides is 2. The molecule has 0 bridgehead atoms. The zero-order valence-electron chi connectivity index (χ0n) is 15.6. The van der Waals surface area contributed by atoms with E-state index in [0.717, 1.165) is 16.7 Å². The standard InChI is InChI=1S/C21H24N2O4S/c24-20(23-19-11-13-28(26,27)15-19)10-12-22-21(25)14-16-6-8-18(9-7-16)17-4-2-1-3-5-17/h1-9,19H,10-15H2,(H,22,25)(H,23,24)/t19-/m1/s1. The first-order valence-corrected chi connectivity index (χ1v) is 11.1. The smallest absolute Gasteiger partial charge is 0.224 e. The average molecular weight is 401 g/mol. The molecule has 7 heteroatoms. The van der Waals surface area contributed by atoms with Crippen LogP contribution in [0.25, 0.3) is 11.1 Å². The van der Waals surface area contributed by atoms with E-state index in [1.54, 1.807) is 0 Å². The first-order chi connectivity index (χ1) is 13.4. The molecule has 6 nitrogen and oxygen atoms in total. The van der Waals surface area contributed by atoms with Gasteiger partial charge >= 0.3 is 0 Å². The maximum atomic E-state index is 12.1. The lowest BCUT2D eigenvalue weighted by Gasteiger charge is -2.11. The number of carbonyl (C=O) groups excluding carboxylic acids is 2. The van der Waals surface area contributed by atoms with Gasteiger partial charge in [-0.15, -0.1) is 0 Å². The number of rotatable bonds is 7. The molecule has 2 N–H and O–H groups in total. The third-order valence-electron chi connectivity index (χ3n) is 4.70. The van der Waals surface area contributed by atoms with Crippen LogP contribution in [0.2, 0.25) is 0 Å². The van der Waals surface area contributed by atoms with Crippen LogP contribution in [0.3, 0.4) is 0 Å². The molecule has 2 aromatic carbocycles. The molecule has 1 heterocycles. The normalized spacial score (nSPS) is 17.8. The van der Waals surface area contributed by atoms with Crippen LogP contribution in [0.15, 0.2) is 54.6 Å². The molecule has 1 fully saturated rings. The van der Waals surface area contributed by atoms with E-state index in [9.17, 15) is 18.0 Å². The summed E-state index contributed by atoms with van der Waals surface area (Å²) in [5, 5.41) is 5.44. The summed E-state index contributed by atoms with van der Waals surface area (Å²) in [6, 6.07) is 17.5. The highest BCUT2D eigenvalue weighted by Gasteiger charge is 2.28. The van der Waals surface area contributed by atoms with Crippen molar-refractivity contribution in [1.82, 2.24) is 10.6 Å². The summed E-state index contributed by atoms with van der Waals surface area (Å²) in [5.41, 5.74) is 3.12. The molecule has 0 aromatic heterocycles. The lowest BCUT2D eigenvalue weighted by Crippen LogP contribution is -2.37. The van der Waals surface area contributed by atoms with Crippen molar-refractivity contribution in [1.29, 1.82) is 0 Å². The van der Waals surface area contributed by atoms with Crippen molar-refractivity contribution in [2.75, 3.05) is 18.1 Å².